The standard InChI is InChI=1S/C25H35N5/c1-17(2)26-14-19-6-5-7-21-23(19)25(10-12-29(4)13-11-25)15-30(21)24-22-18(3)8-9-20(22)27-16-28-24/h5-7,16-18,26H,8-15H2,1-4H3/t18-/m1/s1. The number of aryl methyl sites for hydroxylation is 1. The number of likely N-dealkylation sites (tertiary alicyclic amines) is 1. The van der Waals surface area contributed by atoms with Crippen molar-refractivity contribution < 1.29 is 0 Å². The lowest BCUT2D eigenvalue weighted by Gasteiger charge is -2.39. The van der Waals surface area contributed by atoms with Gasteiger partial charge in [-0.1, -0.05) is 32.9 Å². The van der Waals surface area contributed by atoms with E-state index in [0.29, 0.717) is 12.0 Å². The first-order valence-electron chi connectivity index (χ1n) is 11.6. The number of hydrogen-bond donors (Lipinski definition) is 1. The van der Waals surface area contributed by atoms with Crippen molar-refractivity contribution in [3.63, 3.8) is 0 Å². The van der Waals surface area contributed by atoms with Crippen LogP contribution in [-0.4, -0.2) is 47.6 Å². The van der Waals surface area contributed by atoms with Crippen LogP contribution < -0.4 is 10.2 Å². The van der Waals surface area contributed by atoms with E-state index in [-0.39, 0.29) is 5.41 Å². The number of anilines is 2. The highest BCUT2D eigenvalue weighted by atomic mass is 15.2. The van der Waals surface area contributed by atoms with E-state index >= 15 is 0 Å². The topological polar surface area (TPSA) is 44.3 Å². The number of rotatable bonds is 4. The monoisotopic (exact) mass is 405 g/mol. The molecular formula is C25H35N5. The van der Waals surface area contributed by atoms with E-state index in [0.717, 1.165) is 38.4 Å². The second kappa shape index (κ2) is 7.61. The Balaban J connectivity index is 1.62. The predicted molar refractivity (Wildman–Crippen MR) is 123 cm³/mol. The van der Waals surface area contributed by atoms with Gasteiger partial charge in [0.15, 0.2) is 0 Å². The van der Waals surface area contributed by atoms with Crippen LogP contribution in [0.3, 0.4) is 0 Å². The van der Waals surface area contributed by atoms with E-state index in [1.54, 1.807) is 11.9 Å². The molecule has 1 atom stereocenters. The average molecular weight is 406 g/mol. The number of aromatic nitrogens is 2. The molecule has 5 heteroatoms. The van der Waals surface area contributed by atoms with Crippen molar-refractivity contribution in [1.29, 1.82) is 0 Å². The maximum atomic E-state index is 4.87. The van der Waals surface area contributed by atoms with E-state index in [1.165, 1.54) is 41.8 Å². The molecule has 2 aliphatic heterocycles. The van der Waals surface area contributed by atoms with E-state index in [9.17, 15) is 0 Å². The third-order valence-corrected chi connectivity index (χ3v) is 7.56. The summed E-state index contributed by atoms with van der Waals surface area (Å²) in [5.41, 5.74) is 7.28. The summed E-state index contributed by atoms with van der Waals surface area (Å²) in [5, 5.41) is 3.67. The van der Waals surface area contributed by atoms with Crippen LogP contribution in [0.1, 0.15) is 68.3 Å². The summed E-state index contributed by atoms with van der Waals surface area (Å²) in [4.78, 5) is 14.5. The SMILES string of the molecule is CC(C)NCc1cccc2c1C1(CCN(C)CC1)CN2c1ncnc2c1[C@H](C)CC2. The Hall–Kier alpha value is -1.98. The van der Waals surface area contributed by atoms with Gasteiger partial charge in [-0.05, 0) is 68.9 Å². The van der Waals surface area contributed by atoms with Crippen LogP contribution in [-0.2, 0) is 18.4 Å². The highest BCUT2D eigenvalue weighted by Crippen LogP contribution is 2.52. The molecule has 1 saturated heterocycles. The summed E-state index contributed by atoms with van der Waals surface area (Å²) in [6, 6.07) is 7.39. The molecule has 1 spiro atoms. The molecule has 3 heterocycles. The van der Waals surface area contributed by atoms with Crippen LogP contribution in [0.25, 0.3) is 0 Å². The van der Waals surface area contributed by atoms with Gasteiger partial charge >= 0.3 is 0 Å². The average Bonchev–Trinajstić information content (AvgIpc) is 3.28. The van der Waals surface area contributed by atoms with Gasteiger partial charge < -0.3 is 15.1 Å². The molecule has 5 rings (SSSR count). The fourth-order valence-corrected chi connectivity index (χ4v) is 5.83. The Morgan fingerprint density at radius 1 is 1.20 bits per heavy atom. The largest absolute Gasteiger partial charge is 0.325 e. The molecule has 30 heavy (non-hydrogen) atoms. The summed E-state index contributed by atoms with van der Waals surface area (Å²) in [6.45, 7) is 11.1. The molecule has 5 nitrogen and oxygen atoms in total. The van der Waals surface area contributed by atoms with Gasteiger partial charge in [-0.3, -0.25) is 0 Å². The van der Waals surface area contributed by atoms with Crippen molar-refractivity contribution in [2.45, 2.75) is 70.4 Å². The molecule has 1 aromatic carbocycles. The van der Waals surface area contributed by atoms with Gasteiger partial charge in [0, 0.05) is 41.5 Å². The van der Waals surface area contributed by atoms with Gasteiger partial charge in [0.2, 0.25) is 0 Å². The lowest BCUT2D eigenvalue weighted by atomic mass is 9.72. The first-order chi connectivity index (χ1) is 14.5. The molecular weight excluding hydrogens is 370 g/mol. The van der Waals surface area contributed by atoms with Gasteiger partial charge in [0.25, 0.3) is 0 Å². The zero-order valence-corrected chi connectivity index (χ0v) is 18.9. The third-order valence-electron chi connectivity index (χ3n) is 7.56. The van der Waals surface area contributed by atoms with E-state index in [2.05, 4.69) is 66.1 Å². The van der Waals surface area contributed by atoms with Crippen molar-refractivity contribution >= 4 is 11.5 Å². The molecule has 1 aliphatic carbocycles. The second-order valence-corrected chi connectivity index (χ2v) is 10.0. The Bertz CT molecular complexity index is 929. The van der Waals surface area contributed by atoms with E-state index < -0.39 is 0 Å². The minimum atomic E-state index is 0.219. The van der Waals surface area contributed by atoms with Gasteiger partial charge in [0.1, 0.15) is 12.1 Å². The normalized spacial score (nSPS) is 22.7. The lowest BCUT2D eigenvalue weighted by Crippen LogP contribution is -2.44. The number of nitrogens with one attached hydrogen (secondary N) is 1. The number of benzene rings is 1. The van der Waals surface area contributed by atoms with Crippen LogP contribution in [0.5, 0.6) is 0 Å². The Morgan fingerprint density at radius 2 is 2.00 bits per heavy atom. The summed E-state index contributed by atoms with van der Waals surface area (Å²) in [6.07, 6.45) is 6.50. The summed E-state index contributed by atoms with van der Waals surface area (Å²) in [5.74, 6) is 1.70. The van der Waals surface area contributed by atoms with Crippen LogP contribution in [0.2, 0.25) is 0 Å². The second-order valence-electron chi connectivity index (χ2n) is 10.0. The first kappa shape index (κ1) is 20.0. The minimum Gasteiger partial charge on any atom is -0.325 e. The van der Waals surface area contributed by atoms with Crippen molar-refractivity contribution in [2.75, 3.05) is 31.6 Å². The van der Waals surface area contributed by atoms with Crippen LogP contribution in [0.4, 0.5) is 11.5 Å². The van der Waals surface area contributed by atoms with Crippen LogP contribution in [0.15, 0.2) is 24.5 Å². The summed E-state index contributed by atoms with van der Waals surface area (Å²) in [7, 11) is 2.26. The highest BCUT2D eigenvalue weighted by molar-refractivity contribution is 5.75. The van der Waals surface area contributed by atoms with E-state index in [1.807, 2.05) is 0 Å². The molecule has 1 N–H and O–H groups in total. The molecule has 2 aromatic rings. The molecule has 0 bridgehead atoms. The highest BCUT2D eigenvalue weighted by Gasteiger charge is 2.47. The molecule has 1 fully saturated rings. The predicted octanol–water partition coefficient (Wildman–Crippen LogP) is 4.14. The minimum absolute atomic E-state index is 0.219. The fraction of sp³-hybridized carbons (Fsp3) is 0.600. The third kappa shape index (κ3) is 3.23. The molecule has 0 radical (unpaired) electrons. The zero-order chi connectivity index (χ0) is 20.9. The molecule has 3 aliphatic rings. The van der Waals surface area contributed by atoms with Crippen molar-refractivity contribution in [3.8, 4) is 0 Å². The maximum Gasteiger partial charge on any atom is 0.140 e. The quantitative estimate of drug-likeness (QED) is 0.828. The number of nitrogens with zero attached hydrogens (tertiary/aromatic N) is 4. The maximum absolute atomic E-state index is 4.87. The van der Waals surface area contributed by atoms with Crippen LogP contribution in [0, 0.1) is 0 Å². The van der Waals surface area contributed by atoms with Gasteiger partial charge in [0.05, 0.1) is 0 Å². The lowest BCUT2D eigenvalue weighted by molar-refractivity contribution is 0.197. The van der Waals surface area contributed by atoms with Crippen molar-refractivity contribution in [1.82, 2.24) is 20.2 Å². The van der Waals surface area contributed by atoms with E-state index in [4.69, 9.17) is 4.98 Å². The molecule has 0 saturated carbocycles. The summed E-state index contributed by atoms with van der Waals surface area (Å²) >= 11 is 0. The van der Waals surface area contributed by atoms with Gasteiger partial charge in [-0.15, -0.1) is 0 Å². The number of piperidine rings is 1. The van der Waals surface area contributed by atoms with Gasteiger partial charge in [-0.25, -0.2) is 9.97 Å². The Morgan fingerprint density at radius 3 is 2.77 bits per heavy atom. The first-order valence-corrected chi connectivity index (χ1v) is 11.6. The molecule has 0 amide bonds. The summed E-state index contributed by atoms with van der Waals surface area (Å²) < 4.78 is 0. The van der Waals surface area contributed by atoms with Crippen molar-refractivity contribution in [2.24, 2.45) is 0 Å². The fourth-order valence-electron chi connectivity index (χ4n) is 5.83. The molecule has 1 aromatic heterocycles. The van der Waals surface area contributed by atoms with Crippen LogP contribution >= 0.6 is 0 Å². The number of fused-ring (bicyclic) bond motifs is 3. The molecule has 0 unspecified atom stereocenters. The number of hydrogen-bond acceptors (Lipinski definition) is 5. The zero-order valence-electron chi connectivity index (χ0n) is 18.9. The van der Waals surface area contributed by atoms with Gasteiger partial charge in [-0.2, -0.15) is 0 Å². The molecule has 160 valence electrons. The Labute approximate surface area is 180 Å². The Kier molecular flexibility index (Phi) is 5.06. The van der Waals surface area contributed by atoms with Crippen molar-refractivity contribution in [3.05, 3.63) is 46.9 Å². The smallest absolute Gasteiger partial charge is 0.140 e.